The number of aromatic nitrogens is 4. The first kappa shape index (κ1) is 19.0. The van der Waals surface area contributed by atoms with E-state index in [9.17, 15) is 4.79 Å². The Morgan fingerprint density at radius 3 is 2.41 bits per heavy atom. The van der Waals surface area contributed by atoms with E-state index in [1.165, 1.54) is 7.11 Å². The third-order valence-electron chi connectivity index (χ3n) is 4.24. The topological polar surface area (TPSA) is 69.9 Å². The first-order valence-electron chi connectivity index (χ1n) is 8.35. The summed E-state index contributed by atoms with van der Waals surface area (Å²) in [6.45, 7) is 0. The number of carbonyl (C=O) groups excluding carboxylic acids is 1. The van der Waals surface area contributed by atoms with Crippen molar-refractivity contribution in [1.29, 1.82) is 0 Å². The Morgan fingerprint density at radius 2 is 1.78 bits per heavy atom. The lowest BCUT2D eigenvalue weighted by atomic mass is 10.0. The molecule has 1 aromatic heterocycles. The van der Waals surface area contributed by atoms with Crippen LogP contribution in [0.2, 0.25) is 5.02 Å². The number of quaternary nitrogens is 1. The number of rotatable bonds is 5. The van der Waals surface area contributed by atoms with Gasteiger partial charge in [0.05, 0.1) is 39.5 Å². The molecule has 0 radical (unpaired) electrons. The fourth-order valence-electron chi connectivity index (χ4n) is 3.06. The van der Waals surface area contributed by atoms with Crippen molar-refractivity contribution in [2.24, 2.45) is 0 Å². The zero-order valence-electron chi connectivity index (χ0n) is 15.6. The lowest BCUT2D eigenvalue weighted by Crippen LogP contribution is -2.41. The van der Waals surface area contributed by atoms with Crippen LogP contribution in [0.1, 0.15) is 27.8 Å². The molecule has 0 saturated heterocycles. The Hall–Kier alpha value is -2.77. The molecule has 3 rings (SSSR count). The average molecular weight is 387 g/mol. The SMILES string of the molecule is COC(=O)c1ccccc1-n1nnnc1[C@H](c1ccc(Cl)cc1)[N+](C)(C)C. The van der Waals surface area contributed by atoms with Gasteiger partial charge < -0.3 is 9.22 Å². The molecule has 0 aliphatic heterocycles. The van der Waals surface area contributed by atoms with Gasteiger partial charge in [-0.3, -0.25) is 0 Å². The minimum absolute atomic E-state index is 0.178. The van der Waals surface area contributed by atoms with Crippen molar-refractivity contribution in [1.82, 2.24) is 20.2 Å². The van der Waals surface area contributed by atoms with Crippen molar-refractivity contribution < 1.29 is 14.0 Å². The Bertz CT molecular complexity index is 947. The molecule has 0 amide bonds. The molecule has 27 heavy (non-hydrogen) atoms. The van der Waals surface area contributed by atoms with E-state index >= 15 is 0 Å². The van der Waals surface area contributed by atoms with Crippen molar-refractivity contribution in [3.63, 3.8) is 0 Å². The number of esters is 1. The largest absolute Gasteiger partial charge is 0.465 e. The second kappa shape index (κ2) is 7.46. The number of carbonyl (C=O) groups is 1. The Morgan fingerprint density at radius 1 is 1.11 bits per heavy atom. The highest BCUT2D eigenvalue weighted by Crippen LogP contribution is 2.31. The Balaban J connectivity index is 2.18. The first-order chi connectivity index (χ1) is 12.8. The summed E-state index contributed by atoms with van der Waals surface area (Å²) in [4.78, 5) is 12.2. The Kier molecular flexibility index (Phi) is 5.25. The van der Waals surface area contributed by atoms with Gasteiger partial charge in [-0.2, -0.15) is 4.68 Å². The molecular formula is C19H21ClN5O2+. The van der Waals surface area contributed by atoms with Gasteiger partial charge >= 0.3 is 5.97 Å². The molecule has 0 N–H and O–H groups in total. The molecule has 0 aliphatic rings. The standard InChI is InChI=1S/C19H21ClN5O2/c1-25(2,3)17(13-9-11-14(20)12-10-13)18-21-22-23-24(18)16-8-6-5-7-15(16)19(26)27-4/h5-12,17H,1-4H3/q+1/t17-/m0/s1. The maximum atomic E-state index is 12.2. The van der Waals surface area contributed by atoms with Gasteiger partial charge in [-0.25, -0.2) is 4.79 Å². The second-order valence-electron chi connectivity index (χ2n) is 7.03. The van der Waals surface area contributed by atoms with Crippen molar-refractivity contribution >= 4 is 17.6 Å². The van der Waals surface area contributed by atoms with E-state index in [4.69, 9.17) is 16.3 Å². The summed E-state index contributed by atoms with van der Waals surface area (Å²) in [6.07, 6.45) is 0. The number of nitrogens with zero attached hydrogens (tertiary/aromatic N) is 5. The van der Waals surface area contributed by atoms with Gasteiger partial charge in [0.1, 0.15) is 0 Å². The fraction of sp³-hybridized carbons (Fsp3) is 0.263. The van der Waals surface area contributed by atoms with Crippen molar-refractivity contribution in [2.75, 3.05) is 28.3 Å². The molecule has 2 aromatic carbocycles. The molecule has 0 spiro atoms. The highest BCUT2D eigenvalue weighted by Gasteiger charge is 2.34. The smallest absolute Gasteiger partial charge is 0.340 e. The van der Waals surface area contributed by atoms with Crippen LogP contribution in [0.15, 0.2) is 48.5 Å². The number of methoxy groups -OCH3 is 1. The van der Waals surface area contributed by atoms with E-state index in [2.05, 4.69) is 36.7 Å². The number of benzene rings is 2. The van der Waals surface area contributed by atoms with Gasteiger partial charge in [0.25, 0.3) is 0 Å². The maximum Gasteiger partial charge on any atom is 0.340 e. The molecule has 3 aromatic rings. The first-order valence-corrected chi connectivity index (χ1v) is 8.73. The Labute approximate surface area is 162 Å². The van der Waals surface area contributed by atoms with Crippen LogP contribution in [0.4, 0.5) is 0 Å². The molecule has 7 nitrogen and oxygen atoms in total. The molecule has 8 heteroatoms. The number of halogens is 1. The lowest BCUT2D eigenvalue weighted by molar-refractivity contribution is -0.896. The summed E-state index contributed by atoms with van der Waals surface area (Å²) in [6, 6.07) is 14.5. The normalized spacial score (nSPS) is 12.6. The third-order valence-corrected chi connectivity index (χ3v) is 4.49. The van der Waals surface area contributed by atoms with Crippen molar-refractivity contribution in [3.8, 4) is 5.69 Å². The van der Waals surface area contributed by atoms with Crippen molar-refractivity contribution in [3.05, 3.63) is 70.5 Å². The van der Waals surface area contributed by atoms with E-state index in [1.807, 2.05) is 30.3 Å². The summed E-state index contributed by atoms with van der Waals surface area (Å²) in [5, 5.41) is 13.0. The molecule has 0 saturated carbocycles. The minimum Gasteiger partial charge on any atom is -0.465 e. The van der Waals surface area contributed by atoms with Gasteiger partial charge in [-0.05, 0) is 34.7 Å². The molecular weight excluding hydrogens is 366 g/mol. The van der Waals surface area contributed by atoms with E-state index < -0.39 is 5.97 Å². The zero-order valence-corrected chi connectivity index (χ0v) is 16.4. The number of ether oxygens (including phenoxy) is 1. The molecule has 0 aliphatic carbocycles. The third kappa shape index (κ3) is 3.84. The predicted octanol–water partition coefficient (Wildman–Crippen LogP) is 2.90. The van der Waals surface area contributed by atoms with E-state index in [1.54, 1.807) is 22.9 Å². The van der Waals surface area contributed by atoms with Crippen LogP contribution < -0.4 is 0 Å². The second-order valence-corrected chi connectivity index (χ2v) is 7.46. The highest BCUT2D eigenvalue weighted by molar-refractivity contribution is 6.30. The van der Waals surface area contributed by atoms with Crippen molar-refractivity contribution in [2.45, 2.75) is 6.04 Å². The predicted molar refractivity (Wildman–Crippen MR) is 102 cm³/mol. The van der Waals surface area contributed by atoms with Gasteiger partial charge in [-0.1, -0.05) is 35.9 Å². The van der Waals surface area contributed by atoms with Gasteiger partial charge in [0.15, 0.2) is 6.04 Å². The number of hydrogen-bond donors (Lipinski definition) is 0. The van der Waals surface area contributed by atoms with Crippen LogP contribution in [0.5, 0.6) is 0 Å². The average Bonchev–Trinajstić information content (AvgIpc) is 3.10. The number of tetrazole rings is 1. The minimum atomic E-state index is -0.444. The van der Waals surface area contributed by atoms with Crippen LogP contribution in [0.3, 0.4) is 0 Å². The molecule has 0 unspecified atom stereocenters. The van der Waals surface area contributed by atoms with Crippen LogP contribution in [-0.4, -0.2) is 58.9 Å². The molecule has 1 heterocycles. The monoisotopic (exact) mass is 386 g/mol. The van der Waals surface area contributed by atoms with Gasteiger partial charge in [0, 0.05) is 10.6 Å². The lowest BCUT2D eigenvalue weighted by Gasteiger charge is -2.33. The van der Waals surface area contributed by atoms with Crippen LogP contribution in [0.25, 0.3) is 5.69 Å². The van der Waals surface area contributed by atoms with E-state index in [0.717, 1.165) is 5.56 Å². The quantitative estimate of drug-likeness (QED) is 0.498. The maximum absolute atomic E-state index is 12.2. The van der Waals surface area contributed by atoms with Crippen LogP contribution >= 0.6 is 11.6 Å². The number of hydrogen-bond acceptors (Lipinski definition) is 5. The fourth-order valence-corrected chi connectivity index (χ4v) is 3.19. The summed E-state index contributed by atoms with van der Waals surface area (Å²) in [7, 11) is 7.53. The summed E-state index contributed by atoms with van der Waals surface area (Å²) >= 11 is 6.05. The summed E-state index contributed by atoms with van der Waals surface area (Å²) < 4.78 is 7.04. The number of para-hydroxylation sites is 1. The van der Waals surface area contributed by atoms with Gasteiger partial charge in [0.2, 0.25) is 5.82 Å². The van der Waals surface area contributed by atoms with Crippen LogP contribution in [0, 0.1) is 0 Å². The van der Waals surface area contributed by atoms with E-state index in [-0.39, 0.29) is 6.04 Å². The molecule has 140 valence electrons. The van der Waals surface area contributed by atoms with Gasteiger partial charge in [-0.15, -0.1) is 5.10 Å². The summed E-state index contributed by atoms with van der Waals surface area (Å²) in [5.41, 5.74) is 1.97. The van der Waals surface area contributed by atoms with Crippen LogP contribution in [-0.2, 0) is 4.74 Å². The molecule has 1 atom stereocenters. The zero-order chi connectivity index (χ0) is 19.6. The molecule has 0 bridgehead atoms. The molecule has 0 fully saturated rings. The highest BCUT2D eigenvalue weighted by atomic mass is 35.5. The summed E-state index contributed by atoms with van der Waals surface area (Å²) in [5.74, 6) is 0.168. The van der Waals surface area contributed by atoms with E-state index in [0.29, 0.717) is 26.6 Å².